The molecule has 0 radical (unpaired) electrons. The molecule has 4 unspecified atom stereocenters. The molecule has 3 aromatic heterocycles. The van der Waals surface area contributed by atoms with Crippen molar-refractivity contribution in [2.45, 2.75) is 25.7 Å². The number of rotatable bonds is 6. The molecule has 19 rings (SSSR count). The van der Waals surface area contributed by atoms with Gasteiger partial charge in [0.15, 0.2) is 140 Å². The molecule has 0 saturated heterocycles. The summed E-state index contributed by atoms with van der Waals surface area (Å²) in [7, 11) is 0. The number of fused-ring (bicyclic) bond motifs is 14. The van der Waals surface area contributed by atoms with Crippen LogP contribution in [0.15, 0.2) is 48.6 Å². The molecular weight excluding hydrogens is 1590 g/mol. The third kappa shape index (κ3) is 10.2. The average Bonchev–Trinajstić information content (AvgIpc) is 1.55. The standard InChI is InChI=1S/C78H26F30N6/c79-45-39(46(80)58(92)69(103)57(45)91)33-21-9-13-25(109-21)35(41-49(83)61(95)71(105)62(96)50(41)84)75-29-17-1-2-18(4-3-17)30(29)76(113-75)36(42-51(85)63(97)72(106)64(98)52(42)86)26-14-10-22(110-26)34(40-47(81)59(93)70(104)60(94)48(40)82)24-12-16-28(112-24)38(44-55(89)67(101)74(108)68(102)56(44)90)78-32-20-7-5-19(6-8-20)31(32)77(114-78)37(27-15-11-23(33)111-27)43-53(87)65(99)73(107)66(100)54(43)88/h1-2,5,7,9-20,109,112H,3-4,6,8H2. The summed E-state index contributed by atoms with van der Waals surface area (Å²) in [6.07, 6.45) is 6.01. The molecule has 9 aromatic rings. The number of nitrogens with zero attached hydrogens (tertiary/aromatic N) is 4. The number of H-pyrrole nitrogens is 2. The Labute approximate surface area is 613 Å². The summed E-state index contributed by atoms with van der Waals surface area (Å²) in [6.45, 7) is 0. The first kappa shape index (κ1) is 74.3. The zero-order chi connectivity index (χ0) is 81.4. The molecule has 2 N–H and O–H groups in total. The van der Waals surface area contributed by atoms with Crippen LogP contribution in [0.2, 0.25) is 0 Å². The second kappa shape index (κ2) is 26.1. The molecule has 10 aliphatic rings. The Morgan fingerprint density at radius 1 is 0.184 bits per heavy atom. The van der Waals surface area contributed by atoms with Gasteiger partial charge in [-0.25, -0.2) is 152 Å². The minimum absolute atomic E-state index is 0.208. The van der Waals surface area contributed by atoms with E-state index in [1.165, 1.54) is 24.3 Å². The number of hydrogen-bond donors (Lipinski definition) is 2. The summed E-state index contributed by atoms with van der Waals surface area (Å²) in [6, 6.07) is 1.90. The van der Waals surface area contributed by atoms with Crippen LogP contribution in [-0.4, -0.2) is 29.9 Å². The Morgan fingerprint density at radius 3 is 0.544 bits per heavy atom. The maximum Gasteiger partial charge on any atom is 0.200 e. The van der Waals surface area contributed by atoms with Gasteiger partial charge >= 0.3 is 0 Å². The highest BCUT2D eigenvalue weighted by molar-refractivity contribution is 6.10. The van der Waals surface area contributed by atoms with E-state index < -0.39 is 355 Å². The Balaban J connectivity index is 1.19. The van der Waals surface area contributed by atoms with Crippen molar-refractivity contribution in [2.75, 3.05) is 0 Å². The Bertz CT molecular complexity index is 6090. The van der Waals surface area contributed by atoms with Crippen LogP contribution in [0.25, 0.3) is 135 Å². The van der Waals surface area contributed by atoms with Gasteiger partial charge in [-0.3, -0.25) is 0 Å². The van der Waals surface area contributed by atoms with Crippen LogP contribution in [0, 0.1) is 198 Å². The fourth-order valence-corrected chi connectivity index (χ4v) is 15.7. The van der Waals surface area contributed by atoms with Crippen LogP contribution in [0.3, 0.4) is 0 Å². The van der Waals surface area contributed by atoms with E-state index in [0.717, 1.165) is 0 Å². The summed E-state index contributed by atoms with van der Waals surface area (Å²) < 4.78 is 490. The Morgan fingerprint density at radius 2 is 0.342 bits per heavy atom. The molecule has 0 fully saturated rings. The smallest absolute Gasteiger partial charge is 0.200 e. The molecule has 4 atom stereocenters. The number of aromatic amines is 2. The second-order valence-electron chi connectivity index (χ2n) is 26.5. The lowest BCUT2D eigenvalue weighted by Gasteiger charge is -2.33. The zero-order valence-corrected chi connectivity index (χ0v) is 55.2. The number of allylic oxidation sites excluding steroid dienone is 8. The van der Waals surface area contributed by atoms with Crippen molar-refractivity contribution in [1.82, 2.24) is 29.9 Å². The largest absolute Gasteiger partial charge is 0.354 e. The topological polar surface area (TPSA) is 83.1 Å². The zero-order valence-electron chi connectivity index (χ0n) is 55.2. The first-order chi connectivity index (χ1) is 54.1. The minimum Gasteiger partial charge on any atom is -0.354 e. The predicted molar refractivity (Wildman–Crippen MR) is 345 cm³/mol. The fourth-order valence-electron chi connectivity index (χ4n) is 15.7. The summed E-state index contributed by atoms with van der Waals surface area (Å²) >= 11 is 0. The van der Waals surface area contributed by atoms with E-state index in [4.69, 9.17) is 0 Å². The van der Waals surface area contributed by atoms with E-state index in [-0.39, 0.29) is 25.7 Å². The van der Waals surface area contributed by atoms with Crippen LogP contribution < -0.4 is 0 Å². The van der Waals surface area contributed by atoms with Crippen molar-refractivity contribution in [1.29, 1.82) is 0 Å². The van der Waals surface area contributed by atoms with Gasteiger partial charge in [0.2, 0.25) is 34.9 Å². The number of halogens is 30. The van der Waals surface area contributed by atoms with Crippen LogP contribution >= 0.6 is 0 Å². The monoisotopic (exact) mass is 1620 g/mol. The highest BCUT2D eigenvalue weighted by Crippen LogP contribution is 2.59. The predicted octanol–water partition coefficient (Wildman–Crippen LogP) is 23.5. The second-order valence-corrected chi connectivity index (χ2v) is 26.5. The molecule has 0 spiro atoms. The normalized spacial score (nSPS) is 17.0. The van der Waals surface area contributed by atoms with Crippen molar-refractivity contribution in [3.63, 3.8) is 0 Å². The van der Waals surface area contributed by atoms with E-state index in [2.05, 4.69) is 29.9 Å². The molecule has 6 nitrogen and oxygen atoms in total. The molecule has 6 aromatic carbocycles. The van der Waals surface area contributed by atoms with Gasteiger partial charge in [-0.1, -0.05) is 24.3 Å². The van der Waals surface area contributed by atoms with Gasteiger partial charge in [-0.2, -0.15) is 0 Å². The van der Waals surface area contributed by atoms with Crippen molar-refractivity contribution in [3.05, 3.63) is 269 Å². The third-order valence-corrected chi connectivity index (χ3v) is 20.7. The van der Waals surface area contributed by atoms with E-state index >= 15 is 132 Å². The summed E-state index contributed by atoms with van der Waals surface area (Å²) in [4.78, 5) is 21.6. The molecule has 0 saturated carbocycles. The van der Waals surface area contributed by atoms with E-state index in [1.54, 1.807) is 0 Å². The number of benzene rings is 6. The molecular formula is C78H26F30N6. The van der Waals surface area contributed by atoms with Crippen LogP contribution in [0.5, 0.6) is 0 Å². The van der Waals surface area contributed by atoms with E-state index in [9.17, 15) is 0 Å². The molecule has 0 amide bonds. The molecule has 7 heterocycles. The quantitative estimate of drug-likeness (QED) is 0.0752. The van der Waals surface area contributed by atoms with Crippen LogP contribution in [-0.2, 0) is 0 Å². The van der Waals surface area contributed by atoms with Crippen LogP contribution in [0.1, 0.15) is 71.2 Å². The molecule has 6 aliphatic carbocycles. The molecule has 4 aliphatic heterocycles. The lowest BCUT2D eigenvalue weighted by Crippen LogP contribution is -2.19. The first-order valence-electron chi connectivity index (χ1n) is 32.9. The Kier molecular flexibility index (Phi) is 17.0. The summed E-state index contributed by atoms with van der Waals surface area (Å²) in [5.41, 5.74) is -39.5. The van der Waals surface area contributed by atoms with Gasteiger partial charge in [0.05, 0.1) is 78.9 Å². The number of nitrogens with one attached hydrogen (secondary N) is 2. The van der Waals surface area contributed by atoms with Crippen molar-refractivity contribution in [3.8, 4) is 66.8 Å². The Hall–Kier alpha value is -12.4. The molecule has 578 valence electrons. The van der Waals surface area contributed by atoms with E-state index in [0.29, 0.717) is 48.6 Å². The first-order valence-corrected chi connectivity index (χ1v) is 32.9. The lowest BCUT2D eigenvalue weighted by atomic mass is 9.69. The van der Waals surface area contributed by atoms with Crippen LogP contribution in [0.4, 0.5) is 132 Å². The van der Waals surface area contributed by atoms with Gasteiger partial charge in [-0.15, -0.1) is 0 Å². The number of aromatic nitrogens is 6. The fraction of sp³-hybridized carbons (Fsp3) is 0.103. The highest BCUT2D eigenvalue weighted by Gasteiger charge is 2.47. The highest BCUT2D eigenvalue weighted by atomic mass is 19.2. The van der Waals surface area contributed by atoms with E-state index in [1.807, 2.05) is 0 Å². The van der Waals surface area contributed by atoms with Gasteiger partial charge in [0.25, 0.3) is 0 Å². The third-order valence-electron chi connectivity index (χ3n) is 20.7. The minimum atomic E-state index is -2.91. The maximum atomic E-state index is 17.2. The van der Waals surface area contributed by atoms with Gasteiger partial charge in [-0.05, 0) is 96.5 Å². The lowest BCUT2D eigenvalue weighted by molar-refractivity contribution is 0.381. The number of hydrogen-bond acceptors (Lipinski definition) is 4. The average molecular weight is 1620 g/mol. The van der Waals surface area contributed by atoms with Gasteiger partial charge in [0.1, 0.15) is 0 Å². The molecule has 36 heteroatoms. The SMILES string of the molecule is Fc1c(F)c(F)c(-c2c3nc(c(-c4c(F)c(F)c(F)c(F)c4F)c4ccc([nH]4)c(-c4c(F)c(F)c(F)c(F)c4F)c4nc(c(-c5c(F)c(F)c(F)c(F)c5F)c5nc(c(-c6c(F)c(F)c(F)c(F)c6F)c6ccc([nH]6)c(-c6c(F)c(F)c(F)c(F)c6F)c6nc2C2=C6C6C=CC2CC6)C=C5)C2=C4C4C=CC2CC4)C=C3)c(F)c1F. The maximum absolute atomic E-state index is 17.2. The molecule has 114 heavy (non-hydrogen) atoms. The van der Waals surface area contributed by atoms with Crippen molar-refractivity contribution < 1.29 is 132 Å². The summed E-state index contributed by atoms with van der Waals surface area (Å²) in [5, 5.41) is 0. The van der Waals surface area contributed by atoms with Gasteiger partial charge in [0, 0.05) is 79.1 Å². The summed E-state index contributed by atoms with van der Waals surface area (Å²) in [5.74, 6) is -90.9. The molecule has 16 bridgehead atoms. The van der Waals surface area contributed by atoms with Gasteiger partial charge < -0.3 is 9.97 Å². The van der Waals surface area contributed by atoms with Crippen molar-refractivity contribution in [2.24, 2.45) is 23.7 Å². The van der Waals surface area contributed by atoms with Crippen molar-refractivity contribution >= 4 is 68.7 Å².